The van der Waals surface area contributed by atoms with Gasteiger partial charge in [-0.3, -0.25) is 4.57 Å². The number of nitrogens with one attached hydrogen (secondary N) is 1. The molecule has 1 fully saturated rings. The van der Waals surface area contributed by atoms with Crippen molar-refractivity contribution in [3.63, 3.8) is 0 Å². The number of anilines is 1. The topological polar surface area (TPSA) is 84.8 Å². The minimum atomic E-state index is 0.683. The first-order valence-electron chi connectivity index (χ1n) is 7.86. The highest BCUT2D eigenvalue weighted by molar-refractivity contribution is 5.84. The number of ether oxygens (including phenoxy) is 1. The third-order valence-electron chi connectivity index (χ3n) is 4.22. The standard InChI is InChI=1S/C16H15N7O/c1-2-4-12-11(3-1)19-10-23(12)15-13-14(18-9-17-13)20-16(21-15)22-5-7-24-8-6-22/h1-4,9-10H,5-8H2,(H,17,18,20,21). The first-order chi connectivity index (χ1) is 11.9. The van der Waals surface area contributed by atoms with E-state index in [2.05, 4.69) is 24.8 Å². The highest BCUT2D eigenvalue weighted by atomic mass is 16.5. The molecule has 0 bridgehead atoms. The smallest absolute Gasteiger partial charge is 0.229 e. The summed E-state index contributed by atoms with van der Waals surface area (Å²) < 4.78 is 7.38. The molecule has 0 saturated carbocycles. The van der Waals surface area contributed by atoms with Gasteiger partial charge in [0.05, 0.1) is 30.6 Å². The van der Waals surface area contributed by atoms with Crippen LogP contribution in [-0.4, -0.2) is 55.8 Å². The van der Waals surface area contributed by atoms with E-state index < -0.39 is 0 Å². The van der Waals surface area contributed by atoms with Gasteiger partial charge >= 0.3 is 0 Å². The zero-order valence-corrected chi connectivity index (χ0v) is 12.9. The highest BCUT2D eigenvalue weighted by Crippen LogP contribution is 2.24. The summed E-state index contributed by atoms with van der Waals surface area (Å²) in [5.74, 6) is 1.42. The number of hydrogen-bond donors (Lipinski definition) is 1. The Labute approximate surface area is 137 Å². The summed E-state index contributed by atoms with van der Waals surface area (Å²) in [6.07, 6.45) is 3.43. The van der Waals surface area contributed by atoms with Crippen LogP contribution in [0.5, 0.6) is 0 Å². The van der Waals surface area contributed by atoms with Crippen molar-refractivity contribution in [2.24, 2.45) is 0 Å². The normalized spacial score (nSPS) is 15.4. The fourth-order valence-electron chi connectivity index (χ4n) is 3.01. The fraction of sp³-hybridized carbons (Fsp3) is 0.250. The lowest BCUT2D eigenvalue weighted by Crippen LogP contribution is -2.37. The van der Waals surface area contributed by atoms with Gasteiger partial charge in [-0.2, -0.15) is 9.97 Å². The van der Waals surface area contributed by atoms with Gasteiger partial charge in [0.25, 0.3) is 0 Å². The van der Waals surface area contributed by atoms with Crippen molar-refractivity contribution in [2.75, 3.05) is 31.2 Å². The van der Waals surface area contributed by atoms with Gasteiger partial charge in [0.2, 0.25) is 5.95 Å². The molecule has 1 aliphatic rings. The van der Waals surface area contributed by atoms with Crippen LogP contribution in [0.3, 0.4) is 0 Å². The number of aromatic nitrogens is 6. The van der Waals surface area contributed by atoms with Gasteiger partial charge in [0, 0.05) is 13.1 Å². The Kier molecular flexibility index (Phi) is 2.95. The van der Waals surface area contributed by atoms with Crippen LogP contribution in [-0.2, 0) is 4.74 Å². The second-order valence-corrected chi connectivity index (χ2v) is 5.65. The van der Waals surface area contributed by atoms with E-state index >= 15 is 0 Å². The van der Waals surface area contributed by atoms with E-state index in [0.29, 0.717) is 19.2 Å². The number of benzene rings is 1. The third-order valence-corrected chi connectivity index (χ3v) is 4.22. The quantitative estimate of drug-likeness (QED) is 0.603. The molecular formula is C16H15N7O. The second kappa shape index (κ2) is 5.27. The van der Waals surface area contributed by atoms with Gasteiger partial charge < -0.3 is 14.6 Å². The van der Waals surface area contributed by atoms with E-state index in [0.717, 1.165) is 41.1 Å². The number of morpholine rings is 1. The molecule has 1 N–H and O–H groups in total. The van der Waals surface area contributed by atoms with Crippen molar-refractivity contribution in [2.45, 2.75) is 0 Å². The SMILES string of the molecule is c1ccc2c(c1)ncn2-c1nc(N2CCOCC2)nc2[nH]cnc12. The molecule has 0 spiro atoms. The van der Waals surface area contributed by atoms with E-state index in [1.807, 2.05) is 28.8 Å². The number of H-pyrrole nitrogens is 1. The van der Waals surface area contributed by atoms with Crippen LogP contribution in [0.25, 0.3) is 28.0 Å². The molecule has 3 aromatic heterocycles. The Morgan fingerprint density at radius 3 is 2.83 bits per heavy atom. The maximum atomic E-state index is 5.42. The van der Waals surface area contributed by atoms with Gasteiger partial charge in [-0.15, -0.1) is 0 Å². The third kappa shape index (κ3) is 2.04. The predicted octanol–water partition coefficient (Wildman–Crippen LogP) is 1.53. The van der Waals surface area contributed by atoms with Crippen molar-refractivity contribution in [1.82, 2.24) is 29.5 Å². The molecule has 1 aliphatic heterocycles. The molecule has 1 aromatic carbocycles. The number of nitrogens with zero attached hydrogens (tertiary/aromatic N) is 6. The molecule has 4 heterocycles. The van der Waals surface area contributed by atoms with E-state index in [1.165, 1.54) is 0 Å². The zero-order valence-electron chi connectivity index (χ0n) is 12.9. The van der Waals surface area contributed by atoms with Crippen LogP contribution < -0.4 is 4.90 Å². The summed E-state index contributed by atoms with van der Waals surface area (Å²) in [7, 11) is 0. The first-order valence-corrected chi connectivity index (χ1v) is 7.86. The fourth-order valence-corrected chi connectivity index (χ4v) is 3.01. The summed E-state index contributed by atoms with van der Waals surface area (Å²) in [6.45, 7) is 2.94. The second-order valence-electron chi connectivity index (χ2n) is 5.65. The molecule has 8 nitrogen and oxygen atoms in total. The lowest BCUT2D eigenvalue weighted by molar-refractivity contribution is 0.122. The number of para-hydroxylation sites is 2. The average Bonchev–Trinajstić information content (AvgIpc) is 3.28. The van der Waals surface area contributed by atoms with Gasteiger partial charge in [-0.25, -0.2) is 9.97 Å². The number of rotatable bonds is 2. The molecule has 0 aliphatic carbocycles. The van der Waals surface area contributed by atoms with Crippen molar-refractivity contribution >= 4 is 28.1 Å². The van der Waals surface area contributed by atoms with Crippen molar-refractivity contribution < 1.29 is 4.74 Å². The number of imidazole rings is 2. The molecular weight excluding hydrogens is 306 g/mol. The van der Waals surface area contributed by atoms with E-state index in [9.17, 15) is 0 Å². The lowest BCUT2D eigenvalue weighted by atomic mass is 10.3. The molecule has 120 valence electrons. The minimum Gasteiger partial charge on any atom is -0.378 e. The van der Waals surface area contributed by atoms with Crippen LogP contribution in [0.1, 0.15) is 0 Å². The molecule has 0 unspecified atom stereocenters. The maximum absolute atomic E-state index is 5.42. The molecule has 1 saturated heterocycles. The lowest BCUT2D eigenvalue weighted by Gasteiger charge is -2.26. The Bertz CT molecular complexity index is 1020. The highest BCUT2D eigenvalue weighted by Gasteiger charge is 2.19. The van der Waals surface area contributed by atoms with Crippen LogP contribution >= 0.6 is 0 Å². The van der Waals surface area contributed by atoms with Crippen LogP contribution in [0, 0.1) is 0 Å². The number of fused-ring (bicyclic) bond motifs is 2. The van der Waals surface area contributed by atoms with E-state index in [4.69, 9.17) is 9.72 Å². The van der Waals surface area contributed by atoms with Crippen LogP contribution in [0.2, 0.25) is 0 Å². The number of hydrogen-bond acceptors (Lipinski definition) is 6. The largest absolute Gasteiger partial charge is 0.378 e. The molecule has 4 aromatic rings. The Balaban J connectivity index is 1.73. The molecule has 8 heteroatoms. The molecule has 0 radical (unpaired) electrons. The van der Waals surface area contributed by atoms with Crippen molar-refractivity contribution in [3.05, 3.63) is 36.9 Å². The van der Waals surface area contributed by atoms with E-state index in [-0.39, 0.29) is 0 Å². The molecule has 0 amide bonds. The Morgan fingerprint density at radius 1 is 1.04 bits per heavy atom. The number of aromatic amines is 1. The van der Waals surface area contributed by atoms with Gasteiger partial charge in [-0.1, -0.05) is 12.1 Å². The average molecular weight is 321 g/mol. The molecule has 0 atom stereocenters. The summed E-state index contributed by atoms with van der Waals surface area (Å²) in [6, 6.07) is 7.98. The Hall–Kier alpha value is -3.00. The van der Waals surface area contributed by atoms with Crippen molar-refractivity contribution in [1.29, 1.82) is 0 Å². The first kappa shape index (κ1) is 13.4. The van der Waals surface area contributed by atoms with Gasteiger partial charge in [0.15, 0.2) is 17.0 Å². The summed E-state index contributed by atoms with van der Waals surface area (Å²) in [5.41, 5.74) is 3.37. The van der Waals surface area contributed by atoms with Crippen molar-refractivity contribution in [3.8, 4) is 5.82 Å². The molecule has 5 rings (SSSR count). The molecule has 24 heavy (non-hydrogen) atoms. The monoisotopic (exact) mass is 321 g/mol. The van der Waals surface area contributed by atoms with Gasteiger partial charge in [-0.05, 0) is 12.1 Å². The predicted molar refractivity (Wildman–Crippen MR) is 89.3 cm³/mol. The van der Waals surface area contributed by atoms with E-state index in [1.54, 1.807) is 12.7 Å². The summed E-state index contributed by atoms with van der Waals surface area (Å²) in [5, 5.41) is 0. The maximum Gasteiger partial charge on any atom is 0.229 e. The minimum absolute atomic E-state index is 0.683. The van der Waals surface area contributed by atoms with Gasteiger partial charge in [0.1, 0.15) is 6.33 Å². The summed E-state index contributed by atoms with van der Waals surface area (Å²) in [4.78, 5) is 23.5. The van der Waals surface area contributed by atoms with Crippen LogP contribution in [0.15, 0.2) is 36.9 Å². The summed E-state index contributed by atoms with van der Waals surface area (Å²) >= 11 is 0. The van der Waals surface area contributed by atoms with Crippen LogP contribution in [0.4, 0.5) is 5.95 Å². The Morgan fingerprint density at radius 2 is 1.92 bits per heavy atom. The zero-order chi connectivity index (χ0) is 15.9.